The fourth-order valence-electron chi connectivity index (χ4n) is 5.56. The molecule has 254 valence electrons. The van der Waals surface area contributed by atoms with E-state index in [2.05, 4.69) is 20.3 Å². The van der Waals surface area contributed by atoms with E-state index in [9.17, 15) is 22.8 Å². The van der Waals surface area contributed by atoms with Crippen LogP contribution in [0.2, 0.25) is 0 Å². The SMILES string of the molecule is COCCn1cc(N(C(=O)OC(C)(C)C)c2ccc(N3CC[C@@H](c4cc(C(=O)Nc5cccc(C(F)(F)F)c5)ccc4C)C3)cn2)cn1. The number of hydrogen-bond acceptors (Lipinski definition) is 7. The number of methoxy groups -OCH3 is 1. The molecule has 3 heterocycles. The molecule has 0 unspecified atom stereocenters. The number of alkyl halides is 3. The first-order valence-electron chi connectivity index (χ1n) is 15.6. The molecule has 0 aliphatic carbocycles. The minimum atomic E-state index is -4.51. The fraction of sp³-hybridized carbons (Fsp3) is 0.371. The molecule has 1 atom stereocenters. The summed E-state index contributed by atoms with van der Waals surface area (Å²) in [7, 11) is 1.61. The fourth-order valence-corrected chi connectivity index (χ4v) is 5.56. The molecule has 48 heavy (non-hydrogen) atoms. The predicted octanol–water partition coefficient (Wildman–Crippen LogP) is 7.57. The minimum absolute atomic E-state index is 0.0742. The number of ether oxygens (including phenoxy) is 2. The quantitative estimate of drug-likeness (QED) is 0.197. The Labute approximate surface area is 277 Å². The van der Waals surface area contributed by atoms with Gasteiger partial charge in [-0.2, -0.15) is 18.3 Å². The van der Waals surface area contributed by atoms with Gasteiger partial charge in [0, 0.05) is 43.6 Å². The van der Waals surface area contributed by atoms with Crippen LogP contribution in [0.5, 0.6) is 0 Å². The highest BCUT2D eigenvalue weighted by molar-refractivity contribution is 6.04. The minimum Gasteiger partial charge on any atom is -0.443 e. The molecule has 0 spiro atoms. The van der Waals surface area contributed by atoms with Crippen LogP contribution in [0.3, 0.4) is 0 Å². The molecule has 1 fully saturated rings. The first kappa shape index (κ1) is 34.4. The highest BCUT2D eigenvalue weighted by atomic mass is 19.4. The zero-order chi connectivity index (χ0) is 34.6. The predicted molar refractivity (Wildman–Crippen MR) is 177 cm³/mol. The number of aromatic nitrogens is 3. The summed E-state index contributed by atoms with van der Waals surface area (Å²) in [6, 6.07) is 13.6. The molecule has 13 heteroatoms. The first-order chi connectivity index (χ1) is 22.7. The third-order valence-corrected chi connectivity index (χ3v) is 7.92. The number of benzene rings is 2. The van der Waals surface area contributed by atoms with E-state index in [0.29, 0.717) is 36.8 Å². The van der Waals surface area contributed by atoms with E-state index >= 15 is 0 Å². The number of rotatable bonds is 9. The van der Waals surface area contributed by atoms with E-state index in [0.717, 1.165) is 41.9 Å². The van der Waals surface area contributed by atoms with Crippen molar-refractivity contribution in [1.29, 1.82) is 0 Å². The number of aryl methyl sites for hydroxylation is 1. The average Bonchev–Trinajstić information content (AvgIpc) is 3.70. The van der Waals surface area contributed by atoms with Crippen LogP contribution in [0.4, 0.5) is 40.8 Å². The van der Waals surface area contributed by atoms with Gasteiger partial charge < -0.3 is 19.7 Å². The van der Waals surface area contributed by atoms with Gasteiger partial charge in [0.25, 0.3) is 5.91 Å². The lowest BCUT2D eigenvalue weighted by molar-refractivity contribution is -0.137. The number of carbonyl (C=O) groups excluding carboxylic acids is 2. The summed E-state index contributed by atoms with van der Waals surface area (Å²) < 4.78 is 52.0. The van der Waals surface area contributed by atoms with Gasteiger partial charge in [-0.3, -0.25) is 9.48 Å². The van der Waals surface area contributed by atoms with E-state index in [1.807, 2.05) is 25.1 Å². The van der Waals surface area contributed by atoms with Gasteiger partial charge in [-0.1, -0.05) is 12.1 Å². The van der Waals surface area contributed by atoms with E-state index < -0.39 is 29.3 Å². The molecule has 1 N–H and O–H groups in total. The van der Waals surface area contributed by atoms with Gasteiger partial charge >= 0.3 is 12.3 Å². The van der Waals surface area contributed by atoms with Gasteiger partial charge in [0.2, 0.25) is 0 Å². The molecule has 1 aliphatic heterocycles. The van der Waals surface area contributed by atoms with Crippen molar-refractivity contribution < 1.29 is 32.2 Å². The van der Waals surface area contributed by atoms with E-state index in [1.54, 1.807) is 63.3 Å². The third kappa shape index (κ3) is 8.32. The van der Waals surface area contributed by atoms with Gasteiger partial charge in [-0.25, -0.2) is 14.7 Å². The number of pyridine rings is 1. The Balaban J connectivity index is 1.30. The van der Waals surface area contributed by atoms with Crippen molar-refractivity contribution >= 4 is 34.9 Å². The second-order valence-electron chi connectivity index (χ2n) is 12.7. The Hall–Kier alpha value is -4.91. The molecule has 2 aromatic carbocycles. The van der Waals surface area contributed by atoms with Gasteiger partial charge in [-0.15, -0.1) is 0 Å². The van der Waals surface area contributed by atoms with E-state index in [1.165, 1.54) is 17.0 Å². The Kier molecular flexibility index (Phi) is 10.1. The summed E-state index contributed by atoms with van der Waals surface area (Å²) >= 11 is 0. The summed E-state index contributed by atoms with van der Waals surface area (Å²) in [4.78, 5) is 34.6. The summed E-state index contributed by atoms with van der Waals surface area (Å²) in [6.45, 7) is 9.77. The van der Waals surface area contributed by atoms with Crippen molar-refractivity contribution in [2.45, 2.75) is 58.4 Å². The van der Waals surface area contributed by atoms with Crippen LogP contribution >= 0.6 is 0 Å². The van der Waals surface area contributed by atoms with Crippen molar-refractivity contribution in [2.75, 3.05) is 41.9 Å². The zero-order valence-corrected chi connectivity index (χ0v) is 27.5. The molecular weight excluding hydrogens is 625 g/mol. The lowest BCUT2D eigenvalue weighted by atomic mass is 9.92. The normalized spacial score (nSPS) is 15.0. The van der Waals surface area contributed by atoms with Crippen LogP contribution in [0.15, 0.2) is 73.2 Å². The summed E-state index contributed by atoms with van der Waals surface area (Å²) in [5, 5.41) is 6.93. The Bertz CT molecular complexity index is 1750. The summed E-state index contributed by atoms with van der Waals surface area (Å²) in [6.07, 6.45) is 0.773. The second kappa shape index (κ2) is 14.1. The number of nitrogens with one attached hydrogen (secondary N) is 1. The van der Waals surface area contributed by atoms with Crippen LogP contribution in [0.1, 0.15) is 60.2 Å². The van der Waals surface area contributed by atoms with Crippen LogP contribution in [-0.2, 0) is 22.2 Å². The van der Waals surface area contributed by atoms with Gasteiger partial charge in [0.1, 0.15) is 11.4 Å². The smallest absolute Gasteiger partial charge is 0.420 e. The first-order valence-corrected chi connectivity index (χ1v) is 15.6. The standard InChI is InChI=1S/C35H39F3N6O4/c1-23-9-10-24(32(45)41-27-8-6-7-26(18-27)35(36,37)38)17-30(23)25-13-14-42(21-25)28-11-12-31(39-19-28)44(33(46)48-34(2,3)4)29-20-40-43(22-29)15-16-47-5/h6-12,17-20,22,25H,13-16,21H2,1-5H3,(H,41,45)/t25-/m1/s1. The maximum atomic E-state index is 13.3. The molecular formula is C35H39F3N6O4. The Morgan fingerprint density at radius 2 is 1.85 bits per heavy atom. The van der Waals surface area contributed by atoms with Crippen molar-refractivity contribution in [3.05, 3.63) is 95.4 Å². The number of halogens is 3. The number of amides is 2. The van der Waals surface area contributed by atoms with Crippen LogP contribution < -0.4 is 15.1 Å². The number of anilines is 4. The van der Waals surface area contributed by atoms with Gasteiger partial charge in [0.05, 0.1) is 42.5 Å². The van der Waals surface area contributed by atoms with Gasteiger partial charge in [0.15, 0.2) is 0 Å². The Morgan fingerprint density at radius 1 is 1.06 bits per heavy atom. The highest BCUT2D eigenvalue weighted by Crippen LogP contribution is 2.35. The summed E-state index contributed by atoms with van der Waals surface area (Å²) in [5.41, 5.74) is 2.29. The molecule has 1 saturated heterocycles. The van der Waals surface area contributed by atoms with Crippen LogP contribution in [0.25, 0.3) is 0 Å². The van der Waals surface area contributed by atoms with E-state index in [-0.39, 0.29) is 11.6 Å². The van der Waals surface area contributed by atoms with Crippen molar-refractivity contribution in [1.82, 2.24) is 14.8 Å². The molecule has 5 rings (SSSR count). The highest BCUT2D eigenvalue weighted by Gasteiger charge is 2.31. The molecule has 0 saturated carbocycles. The molecule has 2 aromatic heterocycles. The number of hydrogen-bond donors (Lipinski definition) is 1. The van der Waals surface area contributed by atoms with Crippen molar-refractivity contribution in [3.8, 4) is 0 Å². The third-order valence-electron chi connectivity index (χ3n) is 7.92. The average molecular weight is 665 g/mol. The molecule has 1 aliphatic rings. The van der Waals surface area contributed by atoms with Gasteiger partial charge in [-0.05, 0) is 87.7 Å². The molecule has 10 nitrogen and oxygen atoms in total. The molecule has 0 radical (unpaired) electrons. The zero-order valence-electron chi connectivity index (χ0n) is 27.5. The van der Waals surface area contributed by atoms with Crippen LogP contribution in [0, 0.1) is 6.92 Å². The number of carbonyl (C=O) groups is 2. The maximum absolute atomic E-state index is 13.3. The van der Waals surface area contributed by atoms with Crippen molar-refractivity contribution in [2.24, 2.45) is 0 Å². The monoisotopic (exact) mass is 664 g/mol. The molecule has 4 aromatic rings. The molecule has 0 bridgehead atoms. The Morgan fingerprint density at radius 3 is 2.54 bits per heavy atom. The van der Waals surface area contributed by atoms with Crippen LogP contribution in [-0.4, -0.2) is 59.2 Å². The second-order valence-corrected chi connectivity index (χ2v) is 12.7. The topological polar surface area (TPSA) is 102 Å². The summed E-state index contributed by atoms with van der Waals surface area (Å²) in [5.74, 6) is 0.0107. The molecule has 2 amide bonds. The lowest BCUT2D eigenvalue weighted by Crippen LogP contribution is -2.34. The maximum Gasteiger partial charge on any atom is 0.420 e. The lowest BCUT2D eigenvalue weighted by Gasteiger charge is -2.26. The largest absolute Gasteiger partial charge is 0.443 e. The van der Waals surface area contributed by atoms with Crippen molar-refractivity contribution in [3.63, 3.8) is 0 Å². The van der Waals surface area contributed by atoms with E-state index in [4.69, 9.17) is 9.47 Å². The number of nitrogens with zero attached hydrogens (tertiary/aromatic N) is 5.